The van der Waals surface area contributed by atoms with Crippen molar-refractivity contribution in [2.75, 3.05) is 11.5 Å². The third kappa shape index (κ3) is 2.81. The van der Waals surface area contributed by atoms with Crippen molar-refractivity contribution >= 4 is 17.4 Å². The van der Waals surface area contributed by atoms with Gasteiger partial charge in [-0.25, -0.2) is 9.82 Å². The molecule has 156 valence electrons. The summed E-state index contributed by atoms with van der Waals surface area (Å²) in [5, 5.41) is 4.19. The van der Waals surface area contributed by atoms with Gasteiger partial charge in [0.05, 0.1) is 5.69 Å². The molecule has 0 bridgehead atoms. The average Bonchev–Trinajstić information content (AvgIpc) is 2.73. The van der Waals surface area contributed by atoms with Gasteiger partial charge in [0.2, 0.25) is 0 Å². The number of amidine groups is 1. The van der Waals surface area contributed by atoms with Crippen LogP contribution < -0.4 is 15.1 Å². The first kappa shape index (κ1) is 19.1. The number of halogens is 1. The van der Waals surface area contributed by atoms with Gasteiger partial charge in [0, 0.05) is 5.56 Å². The number of fused-ring (bicyclic) bond motifs is 3. The number of nitrogens with zero attached hydrogens (tertiary/aromatic N) is 2. The van der Waals surface area contributed by atoms with Gasteiger partial charge in [-0.2, -0.15) is 5.10 Å². The molecule has 5 nitrogen and oxygen atoms in total. The molecule has 1 amide bonds. The number of anilines is 1. The molecule has 2 aromatic rings. The quantitative estimate of drug-likeness (QED) is 0.794. The maximum Gasteiger partial charge on any atom is 0.262 e. The molecule has 1 aliphatic carbocycles. The van der Waals surface area contributed by atoms with Crippen molar-refractivity contribution in [2.45, 2.75) is 52.0 Å². The molecule has 5 rings (SSSR count). The van der Waals surface area contributed by atoms with E-state index in [-0.39, 0.29) is 35.7 Å². The summed E-state index contributed by atoms with van der Waals surface area (Å²) in [6.07, 6.45) is 3.55. The Morgan fingerprint density at radius 3 is 2.73 bits per heavy atom. The largest absolute Gasteiger partial charge is 0.483 e. The van der Waals surface area contributed by atoms with Crippen molar-refractivity contribution in [1.29, 1.82) is 0 Å². The Labute approximate surface area is 175 Å². The Balaban J connectivity index is 1.71. The topological polar surface area (TPSA) is 53.9 Å². The Morgan fingerprint density at radius 1 is 1.27 bits per heavy atom. The van der Waals surface area contributed by atoms with E-state index in [4.69, 9.17) is 4.74 Å². The van der Waals surface area contributed by atoms with Crippen LogP contribution in [0.3, 0.4) is 0 Å². The van der Waals surface area contributed by atoms with E-state index < -0.39 is 0 Å². The van der Waals surface area contributed by atoms with Crippen LogP contribution in [-0.4, -0.2) is 24.4 Å². The fourth-order valence-corrected chi connectivity index (χ4v) is 4.90. The fraction of sp³-hybridized carbons (Fsp3) is 0.417. The highest BCUT2D eigenvalue weighted by Crippen LogP contribution is 2.54. The normalized spacial score (nSPS) is 22.7. The summed E-state index contributed by atoms with van der Waals surface area (Å²) in [5.41, 5.74) is 6.11. The summed E-state index contributed by atoms with van der Waals surface area (Å²) >= 11 is 0. The van der Waals surface area contributed by atoms with Crippen molar-refractivity contribution in [2.24, 2.45) is 10.5 Å². The summed E-state index contributed by atoms with van der Waals surface area (Å²) in [7, 11) is 0. The zero-order valence-corrected chi connectivity index (χ0v) is 17.5. The van der Waals surface area contributed by atoms with Gasteiger partial charge in [0.1, 0.15) is 24.2 Å². The van der Waals surface area contributed by atoms with Crippen molar-refractivity contribution in [3.05, 3.63) is 47.8 Å². The van der Waals surface area contributed by atoms with E-state index in [2.05, 4.69) is 30.4 Å². The number of amides is 1. The molecule has 0 spiro atoms. The molecule has 2 aliphatic heterocycles. The first-order valence-corrected chi connectivity index (χ1v) is 10.6. The number of hydrazone groups is 1. The van der Waals surface area contributed by atoms with Crippen LogP contribution in [0.4, 0.5) is 10.1 Å². The third-order valence-corrected chi connectivity index (χ3v) is 7.26. The Kier molecular flexibility index (Phi) is 4.34. The van der Waals surface area contributed by atoms with Crippen molar-refractivity contribution in [1.82, 2.24) is 5.43 Å². The van der Waals surface area contributed by atoms with Gasteiger partial charge in [0.15, 0.2) is 5.84 Å². The van der Waals surface area contributed by atoms with Crippen LogP contribution >= 0.6 is 0 Å². The molecule has 1 N–H and O–H groups in total. The minimum absolute atomic E-state index is 0.148. The smallest absolute Gasteiger partial charge is 0.262 e. The van der Waals surface area contributed by atoms with Crippen LogP contribution in [0, 0.1) is 11.2 Å². The highest BCUT2D eigenvalue weighted by molar-refractivity contribution is 6.09. The summed E-state index contributed by atoms with van der Waals surface area (Å²) in [5.74, 6) is 1.19. The maximum absolute atomic E-state index is 14.8. The van der Waals surface area contributed by atoms with Crippen LogP contribution in [0.15, 0.2) is 41.5 Å². The van der Waals surface area contributed by atoms with E-state index in [0.29, 0.717) is 17.1 Å². The van der Waals surface area contributed by atoms with Crippen molar-refractivity contribution in [3.63, 3.8) is 0 Å². The second-order valence-electron chi connectivity index (χ2n) is 8.96. The Morgan fingerprint density at radius 2 is 2.03 bits per heavy atom. The molecule has 2 atom stereocenters. The van der Waals surface area contributed by atoms with Crippen LogP contribution in [0.25, 0.3) is 11.1 Å². The minimum Gasteiger partial charge on any atom is -0.483 e. The van der Waals surface area contributed by atoms with E-state index >= 15 is 0 Å². The molecule has 3 aliphatic rings. The van der Waals surface area contributed by atoms with Crippen molar-refractivity contribution in [3.8, 4) is 16.9 Å². The Bertz CT molecular complexity index is 1060. The predicted octanol–water partition coefficient (Wildman–Crippen LogP) is 4.82. The van der Waals surface area contributed by atoms with Gasteiger partial charge in [-0.05, 0) is 60.4 Å². The second kappa shape index (κ2) is 6.83. The number of rotatable bonds is 3. The third-order valence-electron chi connectivity index (χ3n) is 7.26. The highest BCUT2D eigenvalue weighted by Gasteiger charge is 2.41. The van der Waals surface area contributed by atoms with Crippen LogP contribution in [0.5, 0.6) is 5.75 Å². The molecule has 1 fully saturated rings. The van der Waals surface area contributed by atoms with Gasteiger partial charge < -0.3 is 9.64 Å². The van der Waals surface area contributed by atoms with E-state index in [0.717, 1.165) is 29.7 Å². The number of carbonyl (C=O) groups is 1. The number of benzene rings is 2. The lowest BCUT2D eigenvalue weighted by molar-refractivity contribution is -0.122. The molecular formula is C24H26FN3O2. The lowest BCUT2D eigenvalue weighted by Gasteiger charge is -2.45. The number of carbonyl (C=O) groups excluding carboxylic acids is 1. The van der Waals surface area contributed by atoms with Gasteiger partial charge in [-0.15, -0.1) is 0 Å². The second-order valence-corrected chi connectivity index (χ2v) is 8.96. The Hall–Kier alpha value is -2.89. The van der Waals surface area contributed by atoms with Crippen molar-refractivity contribution < 1.29 is 13.9 Å². The highest BCUT2D eigenvalue weighted by atomic mass is 19.1. The van der Waals surface area contributed by atoms with Crippen LogP contribution in [-0.2, 0) is 4.79 Å². The van der Waals surface area contributed by atoms with Gasteiger partial charge >= 0.3 is 0 Å². The average molecular weight is 407 g/mol. The maximum atomic E-state index is 14.8. The van der Waals surface area contributed by atoms with Crippen LogP contribution in [0.1, 0.15) is 51.5 Å². The number of nitrogens with one attached hydrogen (secondary N) is 1. The molecular weight excluding hydrogens is 381 g/mol. The summed E-state index contributed by atoms with van der Waals surface area (Å²) < 4.78 is 20.8. The summed E-state index contributed by atoms with van der Waals surface area (Å²) in [4.78, 5) is 14.2. The SMILES string of the molecule is C[C@@H]1C(=O)NN=C2COc3cc(-c4ccccc4F)c([C@@H](C)C4(C)CCC4)cc3N21. The monoisotopic (exact) mass is 407 g/mol. The van der Waals surface area contributed by atoms with Gasteiger partial charge in [0.25, 0.3) is 5.91 Å². The number of hydrogen-bond acceptors (Lipinski definition) is 4. The molecule has 0 aromatic heterocycles. The standard InChI is InChI=1S/C24H26FN3O2/c1-14(24(3)9-6-10-24)17-11-20-21(12-18(17)16-7-4-5-8-19(16)25)30-13-22-26-27-23(29)15(2)28(20)22/h4-5,7-8,11-12,14-15H,6,9-10,13H2,1-3H3,(H,27,29)/t14-,15-/m1/s1. The first-order chi connectivity index (χ1) is 14.4. The lowest BCUT2D eigenvalue weighted by Crippen LogP contribution is -2.55. The summed E-state index contributed by atoms with van der Waals surface area (Å²) in [6.45, 7) is 6.67. The molecule has 6 heteroatoms. The molecule has 30 heavy (non-hydrogen) atoms. The van der Waals surface area contributed by atoms with E-state index in [1.165, 1.54) is 12.5 Å². The zero-order chi connectivity index (χ0) is 21.0. The minimum atomic E-state index is -0.387. The summed E-state index contributed by atoms with van der Waals surface area (Å²) in [6, 6.07) is 10.5. The van der Waals surface area contributed by atoms with Crippen LogP contribution in [0.2, 0.25) is 0 Å². The van der Waals surface area contributed by atoms with E-state index in [9.17, 15) is 9.18 Å². The molecule has 0 unspecified atom stereocenters. The lowest BCUT2D eigenvalue weighted by atomic mass is 9.60. The molecule has 0 saturated heterocycles. The van der Waals surface area contributed by atoms with E-state index in [1.54, 1.807) is 6.07 Å². The molecule has 2 aromatic carbocycles. The van der Waals surface area contributed by atoms with Gasteiger partial charge in [-0.3, -0.25) is 4.79 Å². The predicted molar refractivity (Wildman–Crippen MR) is 115 cm³/mol. The number of hydrogen-bond donors (Lipinski definition) is 1. The molecule has 1 saturated carbocycles. The molecule has 0 radical (unpaired) electrons. The van der Waals surface area contributed by atoms with Gasteiger partial charge in [-0.1, -0.05) is 38.5 Å². The first-order valence-electron chi connectivity index (χ1n) is 10.6. The number of ether oxygens (including phenoxy) is 1. The van der Waals surface area contributed by atoms with E-state index in [1.807, 2.05) is 30.0 Å². The molecule has 2 heterocycles. The fourth-order valence-electron chi connectivity index (χ4n) is 4.90. The zero-order valence-electron chi connectivity index (χ0n) is 17.5.